The summed E-state index contributed by atoms with van der Waals surface area (Å²) in [7, 11) is 4.85. The molecule has 0 spiro atoms. The highest BCUT2D eigenvalue weighted by Crippen LogP contribution is 2.33. The number of hydrogen-bond donors (Lipinski definition) is 0. The fourth-order valence-corrected chi connectivity index (χ4v) is 3.39. The van der Waals surface area contributed by atoms with Gasteiger partial charge in [-0.25, -0.2) is 0 Å². The van der Waals surface area contributed by atoms with E-state index in [9.17, 15) is 4.79 Å². The molecule has 0 aliphatic rings. The third kappa shape index (κ3) is 6.64. The molecule has 0 saturated carbocycles. The Bertz CT molecular complexity index is 817. The number of ether oxygens (including phenoxy) is 4. The molecule has 1 aromatic heterocycles. The Morgan fingerprint density at radius 3 is 2.45 bits per heavy atom. The van der Waals surface area contributed by atoms with E-state index in [0.29, 0.717) is 35.6 Å². The van der Waals surface area contributed by atoms with Gasteiger partial charge in [-0.3, -0.25) is 4.79 Å². The Labute approximate surface area is 175 Å². The number of aromatic nitrogens is 3. The zero-order valence-corrected chi connectivity index (χ0v) is 18.7. The van der Waals surface area contributed by atoms with E-state index >= 15 is 0 Å². The zero-order valence-electron chi connectivity index (χ0n) is 17.9. The van der Waals surface area contributed by atoms with E-state index in [1.54, 1.807) is 21.3 Å². The summed E-state index contributed by atoms with van der Waals surface area (Å²) in [6.45, 7) is 6.80. The van der Waals surface area contributed by atoms with Crippen LogP contribution in [0.2, 0.25) is 0 Å². The van der Waals surface area contributed by atoms with E-state index in [2.05, 4.69) is 10.2 Å². The zero-order chi connectivity index (χ0) is 21.4. The van der Waals surface area contributed by atoms with Crippen LogP contribution in [0.1, 0.15) is 27.2 Å². The summed E-state index contributed by atoms with van der Waals surface area (Å²) in [4.78, 5) is 12.1. The molecule has 1 heterocycles. The summed E-state index contributed by atoms with van der Waals surface area (Å²) in [6.07, 6.45) is 0.787. The van der Waals surface area contributed by atoms with Crippen LogP contribution in [0.3, 0.4) is 0 Å². The van der Waals surface area contributed by atoms with Gasteiger partial charge in [-0.1, -0.05) is 11.8 Å². The molecule has 0 N–H and O–H groups in total. The third-order valence-electron chi connectivity index (χ3n) is 3.83. The van der Waals surface area contributed by atoms with Crippen LogP contribution in [0.4, 0.5) is 0 Å². The molecule has 0 amide bonds. The molecule has 1 aromatic carbocycles. The summed E-state index contributed by atoms with van der Waals surface area (Å²) in [5.41, 5.74) is 0.325. The van der Waals surface area contributed by atoms with Gasteiger partial charge in [0.1, 0.15) is 5.60 Å². The molecule has 29 heavy (non-hydrogen) atoms. The fraction of sp³-hybridized carbons (Fsp3) is 0.550. The number of carbonyl (C=O) groups excluding carboxylic acids is 1. The predicted octanol–water partition coefficient (Wildman–Crippen LogP) is 3.43. The number of methoxy groups -OCH3 is 3. The molecule has 0 radical (unpaired) electrons. The molecule has 0 aliphatic heterocycles. The third-order valence-corrected chi connectivity index (χ3v) is 4.77. The van der Waals surface area contributed by atoms with Crippen molar-refractivity contribution in [2.45, 2.75) is 44.5 Å². The van der Waals surface area contributed by atoms with E-state index in [4.69, 9.17) is 18.9 Å². The lowest BCUT2D eigenvalue weighted by Crippen LogP contribution is -2.25. The molecule has 0 unspecified atom stereocenters. The maximum Gasteiger partial charge on any atom is 0.316 e. The fourth-order valence-electron chi connectivity index (χ4n) is 2.65. The van der Waals surface area contributed by atoms with Crippen LogP contribution in [0.25, 0.3) is 11.4 Å². The number of carbonyl (C=O) groups is 1. The number of rotatable bonds is 10. The van der Waals surface area contributed by atoms with Crippen molar-refractivity contribution in [3.63, 3.8) is 0 Å². The number of esters is 1. The van der Waals surface area contributed by atoms with Crippen molar-refractivity contribution >= 4 is 17.7 Å². The van der Waals surface area contributed by atoms with Gasteiger partial charge < -0.3 is 23.5 Å². The number of benzene rings is 1. The van der Waals surface area contributed by atoms with Crippen LogP contribution in [0.15, 0.2) is 23.4 Å². The highest BCUT2D eigenvalue weighted by molar-refractivity contribution is 7.99. The highest BCUT2D eigenvalue weighted by atomic mass is 32.2. The normalized spacial score (nSPS) is 11.4. The maximum atomic E-state index is 12.1. The van der Waals surface area contributed by atoms with E-state index in [1.165, 1.54) is 11.8 Å². The minimum atomic E-state index is -0.519. The van der Waals surface area contributed by atoms with Crippen LogP contribution in [0, 0.1) is 0 Å². The van der Waals surface area contributed by atoms with Gasteiger partial charge in [0.2, 0.25) is 0 Å². The Kier molecular flexibility index (Phi) is 8.33. The molecule has 0 atom stereocenters. The first-order valence-electron chi connectivity index (χ1n) is 9.28. The van der Waals surface area contributed by atoms with Crippen LogP contribution >= 0.6 is 11.8 Å². The molecule has 9 heteroatoms. The number of nitrogens with zero attached hydrogens (tertiary/aromatic N) is 3. The maximum absolute atomic E-state index is 12.1. The summed E-state index contributed by atoms with van der Waals surface area (Å²) in [5, 5.41) is 9.29. The second-order valence-electron chi connectivity index (χ2n) is 7.25. The van der Waals surface area contributed by atoms with Crippen LogP contribution in [-0.2, 0) is 20.8 Å². The van der Waals surface area contributed by atoms with Crippen molar-refractivity contribution in [2.24, 2.45) is 0 Å². The Balaban J connectivity index is 2.27. The van der Waals surface area contributed by atoms with Gasteiger partial charge in [0.25, 0.3) is 0 Å². The van der Waals surface area contributed by atoms with E-state index in [1.807, 2.05) is 43.5 Å². The molecule has 2 aromatic rings. The molecule has 160 valence electrons. The highest BCUT2D eigenvalue weighted by Gasteiger charge is 2.20. The van der Waals surface area contributed by atoms with Crippen molar-refractivity contribution in [3.8, 4) is 22.9 Å². The van der Waals surface area contributed by atoms with Gasteiger partial charge in [0, 0.05) is 25.8 Å². The second-order valence-corrected chi connectivity index (χ2v) is 8.19. The lowest BCUT2D eigenvalue weighted by Gasteiger charge is -2.19. The Hall–Kier alpha value is -2.26. The van der Waals surface area contributed by atoms with Crippen molar-refractivity contribution < 1.29 is 23.7 Å². The average molecular weight is 424 g/mol. The van der Waals surface area contributed by atoms with Crippen LogP contribution < -0.4 is 9.47 Å². The predicted molar refractivity (Wildman–Crippen MR) is 112 cm³/mol. The van der Waals surface area contributed by atoms with Crippen molar-refractivity contribution in [1.29, 1.82) is 0 Å². The molecule has 2 rings (SSSR count). The summed E-state index contributed by atoms with van der Waals surface area (Å²) >= 11 is 1.31. The summed E-state index contributed by atoms with van der Waals surface area (Å²) < 4.78 is 23.2. The van der Waals surface area contributed by atoms with Crippen molar-refractivity contribution in [1.82, 2.24) is 14.8 Å². The SMILES string of the molecule is COCCCn1c(SCC(=O)OC(C)(C)C)nnc1-c1ccc(OC)c(OC)c1. The minimum absolute atomic E-state index is 0.158. The van der Waals surface area contributed by atoms with E-state index < -0.39 is 5.60 Å². The van der Waals surface area contributed by atoms with Crippen molar-refractivity contribution in [3.05, 3.63) is 18.2 Å². The lowest BCUT2D eigenvalue weighted by molar-refractivity contribution is -0.151. The van der Waals surface area contributed by atoms with Gasteiger partial charge in [-0.2, -0.15) is 0 Å². The minimum Gasteiger partial charge on any atom is -0.493 e. The monoisotopic (exact) mass is 423 g/mol. The Morgan fingerprint density at radius 2 is 1.83 bits per heavy atom. The summed E-state index contributed by atoms with van der Waals surface area (Å²) in [6, 6.07) is 5.59. The van der Waals surface area contributed by atoms with Gasteiger partial charge in [0.15, 0.2) is 22.5 Å². The van der Waals surface area contributed by atoms with Gasteiger partial charge in [0.05, 0.1) is 20.0 Å². The number of hydrogen-bond acceptors (Lipinski definition) is 8. The molecule has 0 fully saturated rings. The first kappa shape index (κ1) is 23.0. The molecule has 8 nitrogen and oxygen atoms in total. The quantitative estimate of drug-likeness (QED) is 0.326. The average Bonchev–Trinajstić information content (AvgIpc) is 3.07. The smallest absolute Gasteiger partial charge is 0.316 e. The standard InChI is InChI=1S/C20H29N3O5S/c1-20(2,3)28-17(24)13-29-19-22-21-18(23(19)10-7-11-25-4)14-8-9-15(26-5)16(12-14)27-6/h8-9,12H,7,10-11,13H2,1-6H3. The number of thioether (sulfide) groups is 1. The molecule has 0 aliphatic carbocycles. The van der Waals surface area contributed by atoms with Crippen LogP contribution in [0.5, 0.6) is 11.5 Å². The molecule has 0 saturated heterocycles. The summed E-state index contributed by atoms with van der Waals surface area (Å²) in [5.74, 6) is 1.81. The van der Waals surface area contributed by atoms with Gasteiger partial charge in [-0.05, 0) is 45.4 Å². The topological polar surface area (TPSA) is 84.7 Å². The first-order valence-corrected chi connectivity index (χ1v) is 10.3. The van der Waals surface area contributed by atoms with Crippen molar-refractivity contribution in [2.75, 3.05) is 33.7 Å². The molecule has 0 bridgehead atoms. The van der Waals surface area contributed by atoms with Gasteiger partial charge in [-0.15, -0.1) is 10.2 Å². The van der Waals surface area contributed by atoms with Gasteiger partial charge >= 0.3 is 5.97 Å². The first-order chi connectivity index (χ1) is 13.8. The second kappa shape index (κ2) is 10.5. The Morgan fingerprint density at radius 1 is 1.10 bits per heavy atom. The van der Waals surface area contributed by atoms with Crippen LogP contribution in [-0.4, -0.2) is 60.0 Å². The van der Waals surface area contributed by atoms with E-state index in [-0.39, 0.29) is 11.7 Å². The molecular weight excluding hydrogens is 394 g/mol. The van der Waals surface area contributed by atoms with E-state index in [0.717, 1.165) is 12.0 Å². The largest absolute Gasteiger partial charge is 0.493 e. The molecular formula is C20H29N3O5S. The lowest BCUT2D eigenvalue weighted by atomic mass is 10.2.